The van der Waals surface area contributed by atoms with Crippen LogP contribution in [-0.2, 0) is 9.53 Å². The molecule has 1 aromatic heterocycles. The third kappa shape index (κ3) is 3.31. The molecule has 3 rings (SSSR count). The van der Waals surface area contributed by atoms with Crippen molar-refractivity contribution in [2.75, 3.05) is 13.1 Å². The maximum atomic E-state index is 12.5. The van der Waals surface area contributed by atoms with Crippen LogP contribution in [0.2, 0.25) is 0 Å². The Hall–Kier alpha value is -2.96. The summed E-state index contributed by atoms with van der Waals surface area (Å²) in [6, 6.07) is 7.03. The molecule has 1 atom stereocenters. The normalized spacial score (nSPS) is 15.2. The maximum absolute atomic E-state index is 12.5. The quantitative estimate of drug-likeness (QED) is 0.862. The van der Waals surface area contributed by atoms with Gasteiger partial charge in [-0.25, -0.2) is 9.59 Å². The standard InChI is InChI=1S/C18H19N3O4/c1-10-4-5-15-13(8-10)9-14(11(2)20-15)17(23)25-12(3)16(22)21-7-6-19-18(21)24/h4-5,8-9,12H,6-7H2,1-3H3,(H,19,24). The van der Waals surface area contributed by atoms with E-state index in [1.165, 1.54) is 6.92 Å². The lowest BCUT2D eigenvalue weighted by Gasteiger charge is -2.18. The Kier molecular flexibility index (Phi) is 4.39. The van der Waals surface area contributed by atoms with Crippen LogP contribution in [0.25, 0.3) is 10.9 Å². The summed E-state index contributed by atoms with van der Waals surface area (Å²) in [5.74, 6) is -1.17. The molecule has 1 saturated heterocycles. The Morgan fingerprint density at radius 2 is 2.04 bits per heavy atom. The van der Waals surface area contributed by atoms with E-state index in [-0.39, 0.29) is 6.54 Å². The van der Waals surface area contributed by atoms with Crippen molar-refractivity contribution in [3.05, 3.63) is 41.1 Å². The molecule has 1 aliphatic rings. The summed E-state index contributed by atoms with van der Waals surface area (Å²) in [7, 11) is 0. The highest BCUT2D eigenvalue weighted by atomic mass is 16.5. The Morgan fingerprint density at radius 1 is 1.28 bits per heavy atom. The molecule has 0 bridgehead atoms. The largest absolute Gasteiger partial charge is 0.449 e. The van der Waals surface area contributed by atoms with E-state index in [1.54, 1.807) is 13.0 Å². The molecule has 130 valence electrons. The molecule has 25 heavy (non-hydrogen) atoms. The van der Waals surface area contributed by atoms with E-state index in [0.29, 0.717) is 17.8 Å². The molecule has 2 heterocycles. The van der Waals surface area contributed by atoms with Crippen molar-refractivity contribution in [3.63, 3.8) is 0 Å². The van der Waals surface area contributed by atoms with Crippen molar-refractivity contribution in [1.82, 2.24) is 15.2 Å². The first-order valence-corrected chi connectivity index (χ1v) is 8.05. The molecule has 0 radical (unpaired) electrons. The van der Waals surface area contributed by atoms with E-state index in [1.807, 2.05) is 25.1 Å². The third-order valence-electron chi connectivity index (χ3n) is 4.14. The van der Waals surface area contributed by atoms with Gasteiger partial charge in [0, 0.05) is 18.5 Å². The van der Waals surface area contributed by atoms with Crippen LogP contribution in [0.1, 0.15) is 28.5 Å². The van der Waals surface area contributed by atoms with Crippen LogP contribution < -0.4 is 5.32 Å². The van der Waals surface area contributed by atoms with Crippen molar-refractivity contribution in [1.29, 1.82) is 0 Å². The number of ether oxygens (including phenoxy) is 1. The molecule has 0 saturated carbocycles. The number of amides is 3. The van der Waals surface area contributed by atoms with Gasteiger partial charge in [0.25, 0.3) is 5.91 Å². The van der Waals surface area contributed by atoms with E-state index in [4.69, 9.17) is 4.74 Å². The summed E-state index contributed by atoms with van der Waals surface area (Å²) in [5, 5.41) is 3.37. The SMILES string of the molecule is Cc1ccc2nc(C)c(C(=O)OC(C)C(=O)N3CCNC3=O)cc2c1. The molecule has 3 amide bonds. The molecule has 7 nitrogen and oxygen atoms in total. The number of carbonyl (C=O) groups is 3. The average Bonchev–Trinajstić information content (AvgIpc) is 2.99. The number of aryl methyl sites for hydroxylation is 2. The molecule has 1 aromatic carbocycles. The number of nitrogens with zero attached hydrogens (tertiary/aromatic N) is 2. The number of imide groups is 1. The Bertz CT molecular complexity index is 878. The lowest BCUT2D eigenvalue weighted by Crippen LogP contribution is -2.41. The number of esters is 1. The summed E-state index contributed by atoms with van der Waals surface area (Å²) in [5.41, 5.74) is 2.68. The number of benzene rings is 1. The van der Waals surface area contributed by atoms with Gasteiger partial charge < -0.3 is 10.1 Å². The smallest absolute Gasteiger partial charge is 0.340 e. The van der Waals surface area contributed by atoms with Crippen LogP contribution in [0.15, 0.2) is 24.3 Å². The number of aromatic nitrogens is 1. The van der Waals surface area contributed by atoms with Gasteiger partial charge >= 0.3 is 12.0 Å². The molecular formula is C18H19N3O4. The minimum absolute atomic E-state index is 0.273. The second-order valence-electron chi connectivity index (χ2n) is 6.09. The highest BCUT2D eigenvalue weighted by Gasteiger charge is 2.32. The van der Waals surface area contributed by atoms with Gasteiger partial charge in [-0.05, 0) is 39.0 Å². The zero-order valence-electron chi connectivity index (χ0n) is 14.3. The van der Waals surface area contributed by atoms with Crippen molar-refractivity contribution < 1.29 is 19.1 Å². The Labute approximate surface area is 145 Å². The molecule has 0 spiro atoms. The molecular weight excluding hydrogens is 322 g/mol. The second kappa shape index (κ2) is 6.51. The van der Waals surface area contributed by atoms with Gasteiger partial charge in [0.1, 0.15) is 0 Å². The van der Waals surface area contributed by atoms with Gasteiger partial charge in [0.2, 0.25) is 0 Å². The van der Waals surface area contributed by atoms with Crippen LogP contribution in [0.4, 0.5) is 4.79 Å². The van der Waals surface area contributed by atoms with E-state index >= 15 is 0 Å². The number of rotatable bonds is 3. The molecule has 1 aliphatic heterocycles. The monoisotopic (exact) mass is 341 g/mol. The summed E-state index contributed by atoms with van der Waals surface area (Å²) in [4.78, 5) is 41.7. The van der Waals surface area contributed by atoms with Crippen molar-refractivity contribution in [2.24, 2.45) is 0 Å². The van der Waals surface area contributed by atoms with Gasteiger partial charge in [-0.1, -0.05) is 11.6 Å². The average molecular weight is 341 g/mol. The van der Waals surface area contributed by atoms with Crippen molar-refractivity contribution in [3.8, 4) is 0 Å². The first-order valence-electron chi connectivity index (χ1n) is 8.05. The number of hydrogen-bond donors (Lipinski definition) is 1. The molecule has 2 aromatic rings. The fourth-order valence-electron chi connectivity index (χ4n) is 2.77. The molecule has 1 unspecified atom stereocenters. The van der Waals surface area contributed by atoms with Crippen LogP contribution in [0.5, 0.6) is 0 Å². The van der Waals surface area contributed by atoms with Crippen LogP contribution >= 0.6 is 0 Å². The number of pyridine rings is 1. The lowest BCUT2D eigenvalue weighted by molar-refractivity contribution is -0.136. The number of nitrogens with one attached hydrogen (secondary N) is 1. The second-order valence-corrected chi connectivity index (χ2v) is 6.09. The highest BCUT2D eigenvalue weighted by molar-refractivity contribution is 6.00. The fourth-order valence-corrected chi connectivity index (χ4v) is 2.77. The fraction of sp³-hybridized carbons (Fsp3) is 0.333. The minimum atomic E-state index is -1.05. The zero-order chi connectivity index (χ0) is 18.1. The number of fused-ring (bicyclic) bond motifs is 1. The van der Waals surface area contributed by atoms with Gasteiger partial charge in [-0.15, -0.1) is 0 Å². The molecule has 0 aliphatic carbocycles. The predicted octanol–water partition coefficient (Wildman–Crippen LogP) is 1.95. The Balaban J connectivity index is 1.80. The summed E-state index contributed by atoms with van der Waals surface area (Å²) >= 11 is 0. The third-order valence-corrected chi connectivity index (χ3v) is 4.14. The topological polar surface area (TPSA) is 88.6 Å². The molecule has 1 N–H and O–H groups in total. The first kappa shape index (κ1) is 16.9. The van der Waals surface area contributed by atoms with E-state index in [9.17, 15) is 14.4 Å². The Morgan fingerprint density at radius 3 is 2.72 bits per heavy atom. The van der Waals surface area contributed by atoms with Crippen molar-refractivity contribution in [2.45, 2.75) is 26.9 Å². The van der Waals surface area contributed by atoms with Gasteiger partial charge in [-0.3, -0.25) is 14.7 Å². The first-order chi connectivity index (χ1) is 11.9. The van der Waals surface area contributed by atoms with E-state index in [0.717, 1.165) is 21.4 Å². The zero-order valence-corrected chi connectivity index (χ0v) is 14.3. The van der Waals surface area contributed by atoms with E-state index in [2.05, 4.69) is 10.3 Å². The van der Waals surface area contributed by atoms with Crippen LogP contribution in [-0.4, -0.2) is 47.0 Å². The number of carbonyl (C=O) groups excluding carboxylic acids is 3. The maximum Gasteiger partial charge on any atom is 0.340 e. The minimum Gasteiger partial charge on any atom is -0.449 e. The van der Waals surface area contributed by atoms with Crippen LogP contribution in [0, 0.1) is 13.8 Å². The number of hydrogen-bond acceptors (Lipinski definition) is 5. The van der Waals surface area contributed by atoms with Gasteiger partial charge in [0.15, 0.2) is 6.10 Å². The van der Waals surface area contributed by atoms with Gasteiger partial charge in [-0.2, -0.15) is 0 Å². The molecule has 1 fully saturated rings. The van der Waals surface area contributed by atoms with Gasteiger partial charge in [0.05, 0.1) is 16.8 Å². The summed E-state index contributed by atoms with van der Waals surface area (Å²) in [6.45, 7) is 5.81. The summed E-state index contributed by atoms with van der Waals surface area (Å²) in [6.07, 6.45) is -1.05. The summed E-state index contributed by atoms with van der Waals surface area (Å²) < 4.78 is 5.27. The van der Waals surface area contributed by atoms with E-state index < -0.39 is 24.0 Å². The van der Waals surface area contributed by atoms with Crippen molar-refractivity contribution >= 4 is 28.8 Å². The van der Waals surface area contributed by atoms with Crippen LogP contribution in [0.3, 0.4) is 0 Å². The highest BCUT2D eigenvalue weighted by Crippen LogP contribution is 2.19. The molecule has 7 heteroatoms. The lowest BCUT2D eigenvalue weighted by atomic mass is 10.1. The predicted molar refractivity (Wildman–Crippen MR) is 91.2 cm³/mol. The number of urea groups is 1.